The Morgan fingerprint density at radius 1 is 1.04 bits per heavy atom. The maximum atomic E-state index is 14.0. The van der Waals surface area contributed by atoms with Crippen LogP contribution in [-0.4, -0.2) is 21.7 Å². The zero-order valence-corrected chi connectivity index (χ0v) is 15.5. The van der Waals surface area contributed by atoms with Crippen LogP contribution in [0.1, 0.15) is 35.0 Å². The second-order valence-corrected chi connectivity index (χ2v) is 6.41. The van der Waals surface area contributed by atoms with Crippen LogP contribution in [0.2, 0.25) is 0 Å². The predicted molar refractivity (Wildman–Crippen MR) is 105 cm³/mol. The third-order valence-electron chi connectivity index (χ3n) is 4.55. The van der Waals surface area contributed by atoms with Crippen molar-refractivity contribution in [2.45, 2.75) is 26.2 Å². The first-order valence-corrected chi connectivity index (χ1v) is 9.07. The highest BCUT2D eigenvalue weighted by Crippen LogP contribution is 2.24. The minimum atomic E-state index is -0.929. The van der Waals surface area contributed by atoms with E-state index in [-0.39, 0.29) is 18.4 Å². The smallest absolute Gasteiger partial charge is 0.303 e. The molecular weight excluding hydrogens is 359 g/mol. The van der Waals surface area contributed by atoms with Gasteiger partial charge in [0.1, 0.15) is 5.82 Å². The molecule has 144 valence electrons. The minimum Gasteiger partial charge on any atom is -0.481 e. The van der Waals surface area contributed by atoms with Crippen molar-refractivity contribution >= 4 is 11.9 Å². The van der Waals surface area contributed by atoms with E-state index in [2.05, 4.69) is 12.3 Å². The highest BCUT2D eigenvalue weighted by Gasteiger charge is 2.16. The van der Waals surface area contributed by atoms with Crippen LogP contribution in [0.3, 0.4) is 0 Å². The highest BCUT2D eigenvalue weighted by molar-refractivity contribution is 6.00. The van der Waals surface area contributed by atoms with Gasteiger partial charge in [-0.25, -0.2) is 4.39 Å². The summed E-state index contributed by atoms with van der Waals surface area (Å²) in [6.45, 7) is 2.07. The Labute approximate surface area is 162 Å². The fourth-order valence-electron chi connectivity index (χ4n) is 2.98. The molecule has 0 spiro atoms. The monoisotopic (exact) mass is 380 g/mol. The van der Waals surface area contributed by atoms with Crippen molar-refractivity contribution in [1.29, 1.82) is 0 Å². The maximum absolute atomic E-state index is 14.0. The highest BCUT2D eigenvalue weighted by atomic mass is 19.1. The van der Waals surface area contributed by atoms with Crippen LogP contribution < -0.4 is 5.43 Å². The van der Waals surface area contributed by atoms with Crippen LogP contribution in [0.25, 0.3) is 11.3 Å². The molecule has 0 bridgehead atoms. The number of halogens is 1. The van der Waals surface area contributed by atoms with Crippen molar-refractivity contribution in [2.75, 3.05) is 5.43 Å². The lowest BCUT2D eigenvalue weighted by Gasteiger charge is -2.15. The standard InChI is InChI=1S/C22H21FN2O3/c1-2-15-7-9-16(10-8-15)20-13-11-17(12-14-21(26)27)25(20)24-22(28)18-5-3-4-6-19(18)23/h3-11,13H,2,12,14H2,1H3,(H,24,28)(H,26,27). The van der Waals surface area contributed by atoms with E-state index >= 15 is 0 Å². The van der Waals surface area contributed by atoms with E-state index in [1.165, 1.54) is 23.8 Å². The fraction of sp³-hybridized carbons (Fsp3) is 0.182. The van der Waals surface area contributed by atoms with Gasteiger partial charge in [0, 0.05) is 17.7 Å². The summed E-state index contributed by atoms with van der Waals surface area (Å²) < 4.78 is 15.5. The number of aliphatic carboxylic acids is 1. The maximum Gasteiger partial charge on any atom is 0.303 e. The van der Waals surface area contributed by atoms with Gasteiger partial charge in [-0.15, -0.1) is 0 Å². The summed E-state index contributed by atoms with van der Waals surface area (Å²) in [5.74, 6) is -2.15. The third kappa shape index (κ3) is 4.28. The van der Waals surface area contributed by atoms with E-state index in [1.54, 1.807) is 16.8 Å². The molecule has 0 aliphatic carbocycles. The second-order valence-electron chi connectivity index (χ2n) is 6.41. The Bertz CT molecular complexity index is 993. The predicted octanol–water partition coefficient (Wildman–Crippen LogP) is 4.26. The van der Waals surface area contributed by atoms with Gasteiger partial charge in [0.05, 0.1) is 17.7 Å². The van der Waals surface area contributed by atoms with Gasteiger partial charge < -0.3 is 5.11 Å². The van der Waals surface area contributed by atoms with Crippen molar-refractivity contribution in [3.63, 3.8) is 0 Å². The lowest BCUT2D eigenvalue weighted by atomic mass is 10.1. The number of amides is 1. The summed E-state index contributed by atoms with van der Waals surface area (Å²) in [5.41, 5.74) is 6.02. The van der Waals surface area contributed by atoms with Crippen molar-refractivity contribution < 1.29 is 19.1 Å². The zero-order chi connectivity index (χ0) is 20.1. The number of hydrogen-bond donors (Lipinski definition) is 2. The number of nitrogens with one attached hydrogen (secondary N) is 1. The average Bonchev–Trinajstić information content (AvgIpc) is 3.09. The van der Waals surface area contributed by atoms with Crippen LogP contribution in [0, 0.1) is 5.82 Å². The van der Waals surface area contributed by atoms with Gasteiger partial charge in [-0.05, 0) is 36.2 Å². The largest absolute Gasteiger partial charge is 0.481 e. The molecule has 2 aromatic carbocycles. The summed E-state index contributed by atoms with van der Waals surface area (Å²) in [6, 6.07) is 17.2. The van der Waals surface area contributed by atoms with Crippen LogP contribution in [-0.2, 0) is 17.6 Å². The molecule has 28 heavy (non-hydrogen) atoms. The first-order chi connectivity index (χ1) is 13.5. The summed E-state index contributed by atoms with van der Waals surface area (Å²) in [7, 11) is 0. The van der Waals surface area contributed by atoms with Gasteiger partial charge in [-0.3, -0.25) is 19.7 Å². The van der Waals surface area contributed by atoms with Crippen molar-refractivity contribution in [3.8, 4) is 11.3 Å². The third-order valence-corrected chi connectivity index (χ3v) is 4.55. The molecule has 3 aromatic rings. The topological polar surface area (TPSA) is 71.3 Å². The number of hydrogen-bond acceptors (Lipinski definition) is 2. The quantitative estimate of drug-likeness (QED) is 0.643. The molecule has 1 amide bonds. The van der Waals surface area contributed by atoms with E-state index in [0.717, 1.165) is 12.0 Å². The molecule has 6 heteroatoms. The molecule has 0 aliphatic heterocycles. The molecule has 0 atom stereocenters. The molecule has 0 aliphatic rings. The van der Waals surface area contributed by atoms with E-state index in [9.17, 15) is 14.0 Å². The van der Waals surface area contributed by atoms with Gasteiger partial charge in [-0.2, -0.15) is 0 Å². The number of aryl methyl sites for hydroxylation is 2. The Morgan fingerprint density at radius 3 is 2.39 bits per heavy atom. The number of nitrogens with zero attached hydrogens (tertiary/aromatic N) is 1. The second kappa shape index (κ2) is 8.52. The van der Waals surface area contributed by atoms with Gasteiger partial charge in [0.2, 0.25) is 0 Å². The van der Waals surface area contributed by atoms with Gasteiger partial charge >= 0.3 is 5.97 Å². The van der Waals surface area contributed by atoms with Crippen LogP contribution in [0.4, 0.5) is 4.39 Å². The number of benzene rings is 2. The van der Waals surface area contributed by atoms with Gasteiger partial charge in [0.15, 0.2) is 0 Å². The van der Waals surface area contributed by atoms with Gasteiger partial charge in [-0.1, -0.05) is 43.3 Å². The molecule has 5 nitrogen and oxygen atoms in total. The summed E-state index contributed by atoms with van der Waals surface area (Å²) in [5, 5.41) is 9.00. The molecule has 0 radical (unpaired) electrons. The molecule has 1 aromatic heterocycles. The molecular formula is C22H21FN2O3. The number of carboxylic acids is 1. The van der Waals surface area contributed by atoms with E-state index in [1.807, 2.05) is 30.3 Å². The minimum absolute atomic E-state index is 0.0756. The number of carboxylic acid groups (broad SMARTS) is 1. The van der Waals surface area contributed by atoms with Crippen molar-refractivity contribution in [1.82, 2.24) is 4.68 Å². The molecule has 2 N–H and O–H groups in total. The van der Waals surface area contributed by atoms with Crippen LogP contribution in [0.15, 0.2) is 60.7 Å². The molecule has 0 unspecified atom stereocenters. The lowest BCUT2D eigenvalue weighted by molar-refractivity contribution is -0.136. The van der Waals surface area contributed by atoms with Crippen molar-refractivity contribution in [2.24, 2.45) is 0 Å². The van der Waals surface area contributed by atoms with E-state index < -0.39 is 17.7 Å². The molecule has 1 heterocycles. The molecule has 0 saturated heterocycles. The summed E-state index contributed by atoms with van der Waals surface area (Å²) >= 11 is 0. The lowest BCUT2D eigenvalue weighted by Crippen LogP contribution is -2.26. The number of aromatic nitrogens is 1. The molecule has 3 rings (SSSR count). The number of carbonyl (C=O) groups is 2. The SMILES string of the molecule is CCc1ccc(-c2ccc(CCC(=O)O)n2NC(=O)c2ccccc2F)cc1. The van der Waals surface area contributed by atoms with Crippen LogP contribution >= 0.6 is 0 Å². The van der Waals surface area contributed by atoms with Gasteiger partial charge in [0.25, 0.3) is 5.91 Å². The first-order valence-electron chi connectivity index (χ1n) is 9.07. The number of carbonyl (C=O) groups excluding carboxylic acids is 1. The Kier molecular flexibility index (Phi) is 5.89. The Morgan fingerprint density at radius 2 is 1.75 bits per heavy atom. The zero-order valence-electron chi connectivity index (χ0n) is 15.5. The number of rotatable bonds is 7. The fourth-order valence-corrected chi connectivity index (χ4v) is 2.98. The van der Waals surface area contributed by atoms with Crippen LogP contribution in [0.5, 0.6) is 0 Å². The van der Waals surface area contributed by atoms with Crippen molar-refractivity contribution in [3.05, 3.63) is 83.3 Å². The Hall–Kier alpha value is -3.41. The Balaban J connectivity index is 1.97. The summed E-state index contributed by atoms with van der Waals surface area (Å²) in [6.07, 6.45) is 1.07. The van der Waals surface area contributed by atoms with E-state index in [4.69, 9.17) is 5.11 Å². The molecule has 0 fully saturated rings. The average molecular weight is 380 g/mol. The van der Waals surface area contributed by atoms with E-state index in [0.29, 0.717) is 11.4 Å². The summed E-state index contributed by atoms with van der Waals surface area (Å²) in [4.78, 5) is 23.6. The first kappa shape index (κ1) is 19.4. The normalized spacial score (nSPS) is 10.6. The molecule has 0 saturated carbocycles.